The highest BCUT2D eigenvalue weighted by Crippen LogP contribution is 2.37. The van der Waals surface area contributed by atoms with Gasteiger partial charge in [-0.3, -0.25) is 4.72 Å². The Hall–Kier alpha value is -1.08. The van der Waals surface area contributed by atoms with Crippen molar-refractivity contribution in [3.63, 3.8) is 0 Å². The molecule has 1 aliphatic rings. The van der Waals surface area contributed by atoms with Gasteiger partial charge in [0, 0.05) is 9.26 Å². The molecule has 0 aromatic heterocycles. The maximum absolute atomic E-state index is 12.5. The third-order valence-corrected chi connectivity index (χ3v) is 6.03. The van der Waals surface area contributed by atoms with E-state index in [1.165, 1.54) is 0 Å². The molecule has 0 spiro atoms. The molecule has 0 bridgehead atoms. The number of benzene rings is 2. The Balaban J connectivity index is 1.88. The Labute approximate surface area is 132 Å². The van der Waals surface area contributed by atoms with E-state index in [-0.39, 0.29) is 0 Å². The lowest BCUT2D eigenvalue weighted by Crippen LogP contribution is -2.19. The van der Waals surface area contributed by atoms with Gasteiger partial charge in [0.15, 0.2) is 0 Å². The van der Waals surface area contributed by atoms with Crippen LogP contribution in [-0.4, -0.2) is 8.42 Å². The first-order valence-corrected chi connectivity index (χ1v) is 9.04. The SMILES string of the molecule is O=S(=O)(Nc1ccc(I)cc1)C1CCc2ccccc21. The molecule has 0 fully saturated rings. The second-order valence-electron chi connectivity index (χ2n) is 4.88. The molecule has 1 atom stereocenters. The number of nitrogens with one attached hydrogen (secondary N) is 1. The van der Waals surface area contributed by atoms with Crippen LogP contribution in [0.2, 0.25) is 0 Å². The summed E-state index contributed by atoms with van der Waals surface area (Å²) in [5.41, 5.74) is 2.70. The van der Waals surface area contributed by atoms with Crippen molar-refractivity contribution in [1.82, 2.24) is 0 Å². The molecule has 3 nitrogen and oxygen atoms in total. The van der Waals surface area contributed by atoms with Crippen LogP contribution in [0.4, 0.5) is 5.69 Å². The number of rotatable bonds is 3. The first kappa shape index (κ1) is 13.9. The van der Waals surface area contributed by atoms with Crippen LogP contribution in [0.15, 0.2) is 48.5 Å². The summed E-state index contributed by atoms with van der Waals surface area (Å²) in [6.07, 6.45) is 1.48. The smallest absolute Gasteiger partial charge is 0.239 e. The van der Waals surface area contributed by atoms with Gasteiger partial charge in [0.25, 0.3) is 0 Å². The van der Waals surface area contributed by atoms with Crippen molar-refractivity contribution in [2.75, 3.05) is 4.72 Å². The molecule has 2 aromatic rings. The number of halogens is 1. The standard InChI is InChI=1S/C15H14INO2S/c16-12-6-8-13(9-7-12)17-20(18,19)15-10-5-11-3-1-2-4-14(11)15/h1-4,6-9,15,17H,5,10H2. The van der Waals surface area contributed by atoms with E-state index in [1.54, 1.807) is 12.1 Å². The van der Waals surface area contributed by atoms with Gasteiger partial charge in [0.05, 0.1) is 0 Å². The minimum atomic E-state index is -3.39. The lowest BCUT2D eigenvalue weighted by molar-refractivity contribution is 0.586. The van der Waals surface area contributed by atoms with Crippen molar-refractivity contribution in [3.05, 3.63) is 63.2 Å². The van der Waals surface area contributed by atoms with Crippen LogP contribution >= 0.6 is 22.6 Å². The van der Waals surface area contributed by atoms with Crippen molar-refractivity contribution in [2.45, 2.75) is 18.1 Å². The number of hydrogen-bond acceptors (Lipinski definition) is 2. The third kappa shape index (κ3) is 2.69. The topological polar surface area (TPSA) is 46.2 Å². The van der Waals surface area contributed by atoms with Crippen molar-refractivity contribution in [3.8, 4) is 0 Å². The second-order valence-corrected chi connectivity index (χ2v) is 7.99. The normalized spacial score (nSPS) is 17.8. The molecule has 0 saturated heterocycles. The monoisotopic (exact) mass is 399 g/mol. The molecule has 0 amide bonds. The molecule has 2 aromatic carbocycles. The second kappa shape index (κ2) is 5.37. The fraction of sp³-hybridized carbons (Fsp3) is 0.200. The molecular formula is C15H14INO2S. The van der Waals surface area contributed by atoms with Gasteiger partial charge in [-0.1, -0.05) is 24.3 Å². The molecule has 0 radical (unpaired) electrons. The van der Waals surface area contributed by atoms with Gasteiger partial charge in [-0.25, -0.2) is 8.42 Å². The highest BCUT2D eigenvalue weighted by molar-refractivity contribution is 14.1. The molecule has 5 heteroatoms. The van der Waals surface area contributed by atoms with Crippen LogP contribution in [0.25, 0.3) is 0 Å². The Bertz CT molecular complexity index is 726. The molecule has 20 heavy (non-hydrogen) atoms. The van der Waals surface area contributed by atoms with E-state index in [0.717, 1.165) is 21.1 Å². The molecule has 3 rings (SSSR count). The zero-order valence-electron chi connectivity index (χ0n) is 10.7. The minimum Gasteiger partial charge on any atom is -0.283 e. The van der Waals surface area contributed by atoms with Gasteiger partial charge in [-0.2, -0.15) is 0 Å². The maximum atomic E-state index is 12.5. The molecule has 0 saturated carbocycles. The fourth-order valence-corrected chi connectivity index (χ4v) is 4.55. The van der Waals surface area contributed by atoms with Crippen molar-refractivity contribution in [1.29, 1.82) is 0 Å². The number of sulfonamides is 1. The van der Waals surface area contributed by atoms with Gasteiger partial charge in [0.2, 0.25) is 10.0 Å². The Morgan fingerprint density at radius 1 is 1.05 bits per heavy atom. The number of fused-ring (bicyclic) bond motifs is 1. The first-order valence-electron chi connectivity index (χ1n) is 6.41. The maximum Gasteiger partial charge on any atom is 0.239 e. The summed E-state index contributed by atoms with van der Waals surface area (Å²) in [5.74, 6) is 0. The van der Waals surface area contributed by atoms with Crippen LogP contribution in [0, 0.1) is 3.57 Å². The largest absolute Gasteiger partial charge is 0.283 e. The van der Waals surface area contributed by atoms with Gasteiger partial charge in [-0.15, -0.1) is 0 Å². The molecule has 0 heterocycles. The Morgan fingerprint density at radius 2 is 1.75 bits per heavy atom. The summed E-state index contributed by atoms with van der Waals surface area (Å²) in [6, 6.07) is 15.1. The lowest BCUT2D eigenvalue weighted by Gasteiger charge is -2.15. The summed E-state index contributed by atoms with van der Waals surface area (Å²) < 4.78 is 28.9. The van der Waals surface area contributed by atoms with E-state index in [0.29, 0.717) is 12.1 Å². The van der Waals surface area contributed by atoms with E-state index in [9.17, 15) is 8.42 Å². The molecule has 0 aliphatic heterocycles. The molecular weight excluding hydrogens is 385 g/mol. The van der Waals surface area contributed by atoms with Crippen molar-refractivity contribution >= 4 is 38.3 Å². The first-order chi connectivity index (χ1) is 9.56. The fourth-order valence-electron chi connectivity index (χ4n) is 2.59. The summed E-state index contributed by atoms with van der Waals surface area (Å²) in [7, 11) is -3.39. The Kier molecular flexibility index (Phi) is 3.72. The van der Waals surface area contributed by atoms with E-state index in [1.807, 2.05) is 36.4 Å². The zero-order valence-corrected chi connectivity index (χ0v) is 13.7. The molecule has 1 unspecified atom stereocenters. The quantitative estimate of drug-likeness (QED) is 0.800. The molecule has 104 valence electrons. The van der Waals surface area contributed by atoms with E-state index in [4.69, 9.17) is 0 Å². The molecule has 1 N–H and O–H groups in total. The van der Waals surface area contributed by atoms with Crippen LogP contribution in [0.3, 0.4) is 0 Å². The average molecular weight is 399 g/mol. The van der Waals surface area contributed by atoms with Crippen LogP contribution in [0.5, 0.6) is 0 Å². The number of anilines is 1. The van der Waals surface area contributed by atoms with Gasteiger partial charge >= 0.3 is 0 Å². The summed E-state index contributed by atoms with van der Waals surface area (Å²) in [6.45, 7) is 0. The lowest BCUT2D eigenvalue weighted by atomic mass is 10.1. The Morgan fingerprint density at radius 3 is 2.50 bits per heavy atom. The van der Waals surface area contributed by atoms with Gasteiger partial charge < -0.3 is 0 Å². The van der Waals surface area contributed by atoms with E-state index in [2.05, 4.69) is 27.3 Å². The third-order valence-electron chi connectivity index (χ3n) is 3.56. The van der Waals surface area contributed by atoms with E-state index < -0.39 is 15.3 Å². The summed E-state index contributed by atoms with van der Waals surface area (Å²) >= 11 is 2.19. The van der Waals surface area contributed by atoms with Gasteiger partial charge in [-0.05, 0) is 70.8 Å². The molecule has 1 aliphatic carbocycles. The summed E-state index contributed by atoms with van der Waals surface area (Å²) in [4.78, 5) is 0. The predicted molar refractivity (Wildman–Crippen MR) is 89.2 cm³/mol. The van der Waals surface area contributed by atoms with Crippen LogP contribution in [-0.2, 0) is 16.4 Å². The van der Waals surface area contributed by atoms with Crippen molar-refractivity contribution in [2.24, 2.45) is 0 Å². The van der Waals surface area contributed by atoms with E-state index >= 15 is 0 Å². The van der Waals surface area contributed by atoms with Crippen LogP contribution < -0.4 is 4.72 Å². The van der Waals surface area contributed by atoms with Gasteiger partial charge in [0.1, 0.15) is 5.25 Å². The average Bonchev–Trinajstić information content (AvgIpc) is 2.86. The number of aryl methyl sites for hydroxylation is 1. The van der Waals surface area contributed by atoms with Crippen LogP contribution in [0.1, 0.15) is 22.8 Å². The highest BCUT2D eigenvalue weighted by Gasteiger charge is 2.33. The zero-order chi connectivity index (χ0) is 14.2. The minimum absolute atomic E-state index is 0.446. The predicted octanol–water partition coefficient (Wildman–Crippen LogP) is 3.72. The number of hydrogen-bond donors (Lipinski definition) is 1. The summed E-state index contributed by atoms with van der Waals surface area (Å²) in [5, 5.41) is -0.446. The highest BCUT2D eigenvalue weighted by atomic mass is 127. The van der Waals surface area contributed by atoms with Crippen molar-refractivity contribution < 1.29 is 8.42 Å².